The summed E-state index contributed by atoms with van der Waals surface area (Å²) in [5.74, 6) is 0.860. The van der Waals surface area contributed by atoms with Crippen LogP contribution >= 0.6 is 0 Å². The molecule has 0 saturated heterocycles. The number of nitrogens with one attached hydrogen (secondary N) is 2. The van der Waals surface area contributed by atoms with Crippen LogP contribution in [0.4, 0.5) is 4.79 Å². The van der Waals surface area contributed by atoms with Gasteiger partial charge in [-0.2, -0.15) is 0 Å². The molecule has 0 saturated carbocycles. The van der Waals surface area contributed by atoms with Crippen LogP contribution in [0.15, 0.2) is 24.3 Å². The Morgan fingerprint density at radius 2 is 1.71 bits per heavy atom. The highest BCUT2D eigenvalue weighted by Gasteiger charge is 2.34. The fraction of sp³-hybridized carbons (Fsp3) is 0.520. The zero-order valence-corrected chi connectivity index (χ0v) is 20.9. The van der Waals surface area contributed by atoms with E-state index >= 15 is 0 Å². The molecule has 0 aromatic heterocycles. The number of methoxy groups -OCH3 is 1. The Bertz CT molecular complexity index is 912. The predicted molar refractivity (Wildman–Crippen MR) is 128 cm³/mol. The number of terminal acetylenes is 1. The van der Waals surface area contributed by atoms with E-state index in [-0.39, 0.29) is 12.5 Å². The molecule has 1 aromatic carbocycles. The molecule has 2 unspecified atom stereocenters. The molecule has 0 aliphatic rings. The van der Waals surface area contributed by atoms with Crippen LogP contribution in [-0.4, -0.2) is 61.1 Å². The van der Waals surface area contributed by atoms with Crippen LogP contribution in [0.1, 0.15) is 58.2 Å². The number of nitrogens with zero attached hydrogens (tertiary/aromatic N) is 1. The van der Waals surface area contributed by atoms with Crippen LogP contribution in [-0.2, 0) is 23.9 Å². The summed E-state index contributed by atoms with van der Waals surface area (Å²) in [5, 5.41) is 5.11. The highest BCUT2D eigenvalue weighted by atomic mass is 16.6. The fourth-order valence-electron chi connectivity index (χ4n) is 3.16. The number of carbonyl (C=O) groups excluding carboxylic acids is 4. The molecule has 186 valence electrons. The molecule has 2 N–H and O–H groups in total. The van der Waals surface area contributed by atoms with E-state index in [1.54, 1.807) is 45.0 Å². The number of ether oxygens (including phenoxy) is 2. The molecule has 0 spiro atoms. The van der Waals surface area contributed by atoms with Crippen LogP contribution in [0.2, 0.25) is 0 Å². The van der Waals surface area contributed by atoms with Crippen LogP contribution < -0.4 is 10.6 Å². The number of hydrogen-bond donors (Lipinski definition) is 2. The number of esters is 1. The number of amides is 3. The van der Waals surface area contributed by atoms with E-state index in [0.717, 1.165) is 0 Å². The number of carbonyl (C=O) groups is 4. The molecule has 0 heterocycles. The van der Waals surface area contributed by atoms with Crippen molar-refractivity contribution < 1.29 is 28.7 Å². The maximum absolute atomic E-state index is 13.5. The summed E-state index contributed by atoms with van der Waals surface area (Å²) >= 11 is 0. The first-order valence-electron chi connectivity index (χ1n) is 11.0. The van der Waals surface area contributed by atoms with Crippen molar-refractivity contribution in [3.05, 3.63) is 35.4 Å². The quantitative estimate of drug-likeness (QED) is 0.421. The number of likely N-dealkylation sites (N-methyl/N-ethyl adjacent to an activating group) is 1. The third-order valence-electron chi connectivity index (χ3n) is 4.71. The molecule has 0 radical (unpaired) electrons. The number of benzene rings is 1. The normalized spacial score (nSPS) is 12.7. The van der Waals surface area contributed by atoms with Gasteiger partial charge in [0.2, 0.25) is 11.8 Å². The van der Waals surface area contributed by atoms with Crippen molar-refractivity contribution in [2.45, 2.75) is 58.7 Å². The van der Waals surface area contributed by atoms with Crippen molar-refractivity contribution in [1.29, 1.82) is 0 Å². The van der Waals surface area contributed by atoms with Gasteiger partial charge < -0.3 is 25.0 Å². The van der Waals surface area contributed by atoms with E-state index in [1.165, 1.54) is 19.1 Å². The fourth-order valence-corrected chi connectivity index (χ4v) is 3.16. The molecular weight excluding hydrogens is 438 g/mol. The largest absolute Gasteiger partial charge is 0.468 e. The second-order valence-electron chi connectivity index (χ2n) is 9.24. The smallest absolute Gasteiger partial charge is 0.408 e. The molecule has 34 heavy (non-hydrogen) atoms. The van der Waals surface area contributed by atoms with Gasteiger partial charge in [0.1, 0.15) is 24.2 Å². The minimum atomic E-state index is -1.08. The lowest BCUT2D eigenvalue weighted by Crippen LogP contribution is -2.52. The number of hydrogen-bond acceptors (Lipinski definition) is 6. The minimum absolute atomic E-state index is 0.0683. The monoisotopic (exact) mass is 473 g/mol. The highest BCUT2D eigenvalue weighted by Crippen LogP contribution is 2.23. The summed E-state index contributed by atoms with van der Waals surface area (Å²) in [4.78, 5) is 51.7. The molecule has 9 heteroatoms. The molecule has 0 aliphatic heterocycles. The summed E-state index contributed by atoms with van der Waals surface area (Å²) in [6.45, 7) is 8.63. The molecule has 2 atom stereocenters. The Kier molecular flexibility index (Phi) is 10.6. The van der Waals surface area contributed by atoms with Gasteiger partial charge in [0.25, 0.3) is 0 Å². The molecule has 9 nitrogen and oxygen atoms in total. The van der Waals surface area contributed by atoms with Crippen molar-refractivity contribution >= 4 is 23.9 Å². The lowest BCUT2D eigenvalue weighted by atomic mass is 9.99. The predicted octanol–water partition coefficient (Wildman–Crippen LogP) is 2.40. The maximum Gasteiger partial charge on any atom is 0.408 e. The van der Waals surface area contributed by atoms with E-state index in [9.17, 15) is 19.2 Å². The summed E-state index contributed by atoms with van der Waals surface area (Å²) in [5.41, 5.74) is 0.352. The topological polar surface area (TPSA) is 114 Å². The highest BCUT2D eigenvalue weighted by molar-refractivity contribution is 5.93. The SMILES string of the molecule is C#Cc1ccc(C(C(=O)NCC(=O)OC)N(C)C(=O)C(CC(C)C)NC(=O)OC(C)(C)C)cc1. The zero-order valence-electron chi connectivity index (χ0n) is 20.9. The first kappa shape index (κ1) is 28.5. The van der Waals surface area contributed by atoms with Gasteiger partial charge in [-0.3, -0.25) is 14.4 Å². The van der Waals surface area contributed by atoms with Gasteiger partial charge in [-0.05, 0) is 50.8 Å². The number of alkyl carbamates (subject to hydrolysis) is 1. The third-order valence-corrected chi connectivity index (χ3v) is 4.71. The van der Waals surface area contributed by atoms with Gasteiger partial charge >= 0.3 is 12.1 Å². The van der Waals surface area contributed by atoms with Crippen molar-refractivity contribution in [3.8, 4) is 12.3 Å². The van der Waals surface area contributed by atoms with E-state index in [0.29, 0.717) is 17.5 Å². The van der Waals surface area contributed by atoms with Crippen LogP contribution in [0.25, 0.3) is 0 Å². The minimum Gasteiger partial charge on any atom is -0.468 e. The maximum atomic E-state index is 13.5. The zero-order chi connectivity index (χ0) is 26.1. The lowest BCUT2D eigenvalue weighted by Gasteiger charge is -2.32. The van der Waals surface area contributed by atoms with Crippen molar-refractivity contribution in [2.75, 3.05) is 20.7 Å². The second kappa shape index (κ2) is 12.6. The first-order valence-corrected chi connectivity index (χ1v) is 11.0. The van der Waals surface area contributed by atoms with E-state index in [2.05, 4.69) is 21.3 Å². The van der Waals surface area contributed by atoms with E-state index in [1.807, 2.05) is 13.8 Å². The Morgan fingerprint density at radius 1 is 1.12 bits per heavy atom. The summed E-state index contributed by atoms with van der Waals surface area (Å²) in [7, 11) is 2.67. The molecular formula is C25H35N3O6. The lowest BCUT2D eigenvalue weighted by molar-refractivity contribution is -0.144. The van der Waals surface area contributed by atoms with Gasteiger partial charge in [0, 0.05) is 12.6 Å². The van der Waals surface area contributed by atoms with Crippen LogP contribution in [0.3, 0.4) is 0 Å². The first-order chi connectivity index (χ1) is 15.8. The molecule has 0 aliphatic carbocycles. The van der Waals surface area contributed by atoms with Crippen molar-refractivity contribution in [2.24, 2.45) is 5.92 Å². The van der Waals surface area contributed by atoms with Gasteiger partial charge in [-0.1, -0.05) is 31.9 Å². The Balaban J connectivity index is 3.26. The molecule has 1 aromatic rings. The standard InChI is InChI=1S/C25H35N3O6/c1-9-17-10-12-18(13-11-17)21(22(30)26-15-20(29)33-8)28(7)23(31)19(14-16(2)3)27-24(32)34-25(4,5)6/h1,10-13,16,19,21H,14-15H2,2-8H3,(H,26,30)(H,27,32). The van der Waals surface area contributed by atoms with Crippen molar-refractivity contribution in [3.63, 3.8) is 0 Å². The molecule has 0 bridgehead atoms. The molecule has 0 fully saturated rings. The Morgan fingerprint density at radius 3 is 2.18 bits per heavy atom. The van der Waals surface area contributed by atoms with Gasteiger partial charge in [0.15, 0.2) is 0 Å². The molecule has 1 rings (SSSR count). The van der Waals surface area contributed by atoms with Gasteiger partial charge in [0.05, 0.1) is 7.11 Å². The van der Waals surface area contributed by atoms with Crippen LogP contribution in [0.5, 0.6) is 0 Å². The van der Waals surface area contributed by atoms with Gasteiger partial charge in [-0.25, -0.2) is 4.79 Å². The second-order valence-corrected chi connectivity index (χ2v) is 9.24. The summed E-state index contributed by atoms with van der Waals surface area (Å²) in [6.07, 6.45) is 5.02. The van der Waals surface area contributed by atoms with E-state index in [4.69, 9.17) is 11.2 Å². The Labute approximate surface area is 201 Å². The third kappa shape index (κ3) is 9.14. The van der Waals surface area contributed by atoms with Crippen LogP contribution in [0, 0.1) is 18.3 Å². The summed E-state index contributed by atoms with van der Waals surface area (Å²) < 4.78 is 9.88. The van der Waals surface area contributed by atoms with E-state index < -0.39 is 41.6 Å². The summed E-state index contributed by atoms with van der Waals surface area (Å²) in [6, 6.07) is 4.57. The van der Waals surface area contributed by atoms with Gasteiger partial charge in [-0.15, -0.1) is 6.42 Å². The molecule has 3 amide bonds. The van der Waals surface area contributed by atoms with Crippen molar-refractivity contribution in [1.82, 2.24) is 15.5 Å². The Hall–Kier alpha value is -3.54. The average Bonchev–Trinajstić information content (AvgIpc) is 2.75. The average molecular weight is 474 g/mol. The number of rotatable bonds is 9.